The van der Waals surface area contributed by atoms with Crippen molar-refractivity contribution in [1.29, 1.82) is 0 Å². The summed E-state index contributed by atoms with van der Waals surface area (Å²) in [6, 6.07) is 3.08. The van der Waals surface area contributed by atoms with Gasteiger partial charge >= 0.3 is 0 Å². The Morgan fingerprint density at radius 1 is 1.12 bits per heavy atom. The van der Waals surface area contributed by atoms with Gasteiger partial charge in [-0.15, -0.1) is 0 Å². The Balaban J connectivity index is 1.56. The fraction of sp³-hybridized carbons (Fsp3) is 0.375. The summed E-state index contributed by atoms with van der Waals surface area (Å²) in [7, 11) is 0. The quantitative estimate of drug-likeness (QED) is 0.893. The molecule has 1 fully saturated rings. The average molecular weight is 349 g/mol. The van der Waals surface area contributed by atoms with Gasteiger partial charge in [-0.05, 0) is 25.1 Å². The molecule has 7 nitrogen and oxygen atoms in total. The van der Waals surface area contributed by atoms with E-state index in [1.165, 1.54) is 11.0 Å². The maximum Gasteiger partial charge on any atom is 0.254 e. The molecular formula is C16H17F2N5O2. The second-order valence-electron chi connectivity index (χ2n) is 5.82. The third-order valence-electron chi connectivity index (χ3n) is 4.04. The van der Waals surface area contributed by atoms with Gasteiger partial charge in [0.25, 0.3) is 5.91 Å². The van der Waals surface area contributed by atoms with Gasteiger partial charge < -0.3 is 9.80 Å². The molecular weight excluding hydrogens is 332 g/mol. The number of carbonyl (C=O) groups is 2. The van der Waals surface area contributed by atoms with Crippen LogP contribution in [0.4, 0.5) is 8.78 Å². The molecule has 132 valence electrons. The Labute approximate surface area is 142 Å². The van der Waals surface area contributed by atoms with Gasteiger partial charge in [-0.3, -0.25) is 14.7 Å². The fourth-order valence-electron chi connectivity index (χ4n) is 2.69. The third kappa shape index (κ3) is 3.81. The molecule has 0 saturated carbocycles. The lowest BCUT2D eigenvalue weighted by molar-refractivity contribution is -0.132. The van der Waals surface area contributed by atoms with Crippen molar-refractivity contribution < 1.29 is 18.4 Å². The number of aromatic nitrogens is 3. The monoisotopic (exact) mass is 349 g/mol. The molecule has 3 rings (SSSR count). The van der Waals surface area contributed by atoms with Crippen LogP contribution in [0.2, 0.25) is 0 Å². The number of H-pyrrole nitrogens is 1. The molecule has 9 heteroatoms. The summed E-state index contributed by atoms with van der Waals surface area (Å²) in [5, 5.41) is 6.62. The van der Waals surface area contributed by atoms with E-state index in [0.717, 1.165) is 12.1 Å². The average Bonchev–Trinajstić information content (AvgIpc) is 3.01. The van der Waals surface area contributed by atoms with Crippen molar-refractivity contribution >= 4 is 11.8 Å². The lowest BCUT2D eigenvalue weighted by Crippen LogP contribution is -2.51. The molecule has 0 radical (unpaired) electrons. The number of hydrogen-bond donors (Lipinski definition) is 1. The molecule has 1 N–H and O–H groups in total. The number of amides is 2. The van der Waals surface area contributed by atoms with Crippen LogP contribution in [0, 0.1) is 18.6 Å². The van der Waals surface area contributed by atoms with Crippen LogP contribution in [0.25, 0.3) is 0 Å². The minimum Gasteiger partial charge on any atom is -0.339 e. The van der Waals surface area contributed by atoms with Gasteiger partial charge in [-0.2, -0.15) is 5.10 Å². The zero-order valence-electron chi connectivity index (χ0n) is 13.6. The second-order valence-corrected chi connectivity index (χ2v) is 5.82. The van der Waals surface area contributed by atoms with Crippen LogP contribution in [-0.4, -0.2) is 63.0 Å². The number of benzene rings is 1. The van der Waals surface area contributed by atoms with Gasteiger partial charge in [0.1, 0.15) is 5.82 Å². The summed E-state index contributed by atoms with van der Waals surface area (Å²) >= 11 is 0. The van der Waals surface area contributed by atoms with Crippen LogP contribution >= 0.6 is 0 Å². The lowest BCUT2D eigenvalue weighted by atomic mass is 10.1. The first-order valence-electron chi connectivity index (χ1n) is 7.84. The van der Waals surface area contributed by atoms with E-state index in [0.29, 0.717) is 37.8 Å². The van der Waals surface area contributed by atoms with Gasteiger partial charge in [0.2, 0.25) is 5.91 Å². The van der Waals surface area contributed by atoms with E-state index < -0.39 is 11.6 Å². The van der Waals surface area contributed by atoms with E-state index >= 15 is 0 Å². The maximum atomic E-state index is 13.3. The van der Waals surface area contributed by atoms with Gasteiger partial charge in [0, 0.05) is 31.7 Å². The number of piperazine rings is 1. The van der Waals surface area contributed by atoms with Crippen LogP contribution in [-0.2, 0) is 11.2 Å². The summed E-state index contributed by atoms with van der Waals surface area (Å²) < 4.78 is 26.2. The van der Waals surface area contributed by atoms with Crippen molar-refractivity contribution in [2.75, 3.05) is 26.2 Å². The number of nitrogens with zero attached hydrogens (tertiary/aromatic N) is 4. The van der Waals surface area contributed by atoms with Crippen molar-refractivity contribution in [3.8, 4) is 0 Å². The molecule has 0 unspecified atom stereocenters. The fourth-order valence-corrected chi connectivity index (χ4v) is 2.69. The Morgan fingerprint density at radius 2 is 1.80 bits per heavy atom. The zero-order chi connectivity index (χ0) is 18.0. The molecule has 2 aromatic rings. The number of carbonyl (C=O) groups excluding carboxylic acids is 2. The molecule has 0 atom stereocenters. The second kappa shape index (κ2) is 6.96. The van der Waals surface area contributed by atoms with Crippen LogP contribution in [0.15, 0.2) is 18.2 Å². The SMILES string of the molecule is Cc1nc(CC(=O)N2CCN(C(=O)c3ccc(F)c(F)c3)CC2)n[nH]1. The number of halogens is 2. The van der Waals surface area contributed by atoms with Crippen molar-refractivity contribution in [3.63, 3.8) is 0 Å². The Kier molecular flexibility index (Phi) is 4.73. The maximum absolute atomic E-state index is 13.3. The van der Waals surface area contributed by atoms with Crippen LogP contribution in [0.1, 0.15) is 22.0 Å². The molecule has 25 heavy (non-hydrogen) atoms. The molecule has 1 aromatic carbocycles. The summed E-state index contributed by atoms with van der Waals surface area (Å²) in [5.41, 5.74) is 0.0925. The normalized spacial score (nSPS) is 14.7. The number of aryl methyl sites for hydroxylation is 1. The van der Waals surface area contributed by atoms with E-state index in [1.807, 2.05) is 0 Å². The van der Waals surface area contributed by atoms with E-state index in [4.69, 9.17) is 0 Å². The zero-order valence-corrected chi connectivity index (χ0v) is 13.6. The molecule has 2 heterocycles. The van der Waals surface area contributed by atoms with Crippen molar-refractivity contribution in [2.24, 2.45) is 0 Å². The summed E-state index contributed by atoms with van der Waals surface area (Å²) in [6.07, 6.45) is 0.0987. The van der Waals surface area contributed by atoms with Gasteiger partial charge in [0.05, 0.1) is 6.42 Å². The summed E-state index contributed by atoms with van der Waals surface area (Å²) in [6.45, 7) is 3.16. The number of aromatic amines is 1. The number of nitrogens with one attached hydrogen (secondary N) is 1. The van der Waals surface area contributed by atoms with Crippen LogP contribution in [0.5, 0.6) is 0 Å². The molecule has 1 aromatic heterocycles. The van der Waals surface area contributed by atoms with Crippen LogP contribution < -0.4 is 0 Å². The molecule has 1 aliphatic rings. The number of hydrogen-bond acceptors (Lipinski definition) is 4. The smallest absolute Gasteiger partial charge is 0.254 e. The molecule has 0 bridgehead atoms. The first kappa shape index (κ1) is 17.0. The highest BCUT2D eigenvalue weighted by atomic mass is 19.2. The lowest BCUT2D eigenvalue weighted by Gasteiger charge is -2.34. The standard InChI is InChI=1S/C16H17F2N5O2/c1-10-19-14(21-20-10)9-15(24)22-4-6-23(7-5-22)16(25)11-2-3-12(17)13(18)8-11/h2-3,8H,4-7,9H2,1H3,(H,19,20,21). The van der Waals surface area contributed by atoms with E-state index in [2.05, 4.69) is 15.2 Å². The number of rotatable bonds is 3. The first-order valence-corrected chi connectivity index (χ1v) is 7.84. The van der Waals surface area contributed by atoms with Gasteiger partial charge in [0.15, 0.2) is 17.5 Å². The summed E-state index contributed by atoms with van der Waals surface area (Å²) in [4.78, 5) is 31.8. The van der Waals surface area contributed by atoms with Crippen molar-refractivity contribution in [2.45, 2.75) is 13.3 Å². The Hall–Kier alpha value is -2.84. The minimum atomic E-state index is -1.05. The highest BCUT2D eigenvalue weighted by Crippen LogP contribution is 2.13. The predicted molar refractivity (Wildman–Crippen MR) is 83.7 cm³/mol. The van der Waals surface area contributed by atoms with Crippen LogP contribution in [0.3, 0.4) is 0 Å². The minimum absolute atomic E-state index is 0.0925. The molecule has 1 aliphatic heterocycles. The highest BCUT2D eigenvalue weighted by molar-refractivity contribution is 5.94. The van der Waals surface area contributed by atoms with E-state index in [1.54, 1.807) is 11.8 Å². The Morgan fingerprint density at radius 3 is 2.40 bits per heavy atom. The van der Waals surface area contributed by atoms with Crippen molar-refractivity contribution in [1.82, 2.24) is 25.0 Å². The first-order chi connectivity index (χ1) is 11.9. The highest BCUT2D eigenvalue weighted by Gasteiger charge is 2.26. The molecule has 0 spiro atoms. The third-order valence-corrected chi connectivity index (χ3v) is 4.04. The van der Waals surface area contributed by atoms with Gasteiger partial charge in [-0.25, -0.2) is 13.8 Å². The molecule has 1 saturated heterocycles. The summed E-state index contributed by atoms with van der Waals surface area (Å²) in [5.74, 6) is -1.46. The van der Waals surface area contributed by atoms with Crippen molar-refractivity contribution in [3.05, 3.63) is 47.0 Å². The largest absolute Gasteiger partial charge is 0.339 e. The topological polar surface area (TPSA) is 82.2 Å². The van der Waals surface area contributed by atoms with Gasteiger partial charge in [-0.1, -0.05) is 0 Å². The molecule has 0 aliphatic carbocycles. The predicted octanol–water partition coefficient (Wildman–Crippen LogP) is 0.918. The molecule has 2 amide bonds. The van der Waals surface area contributed by atoms with E-state index in [-0.39, 0.29) is 23.8 Å². The van der Waals surface area contributed by atoms with E-state index in [9.17, 15) is 18.4 Å². The Bertz CT molecular complexity index is 800.